The maximum absolute atomic E-state index is 13.3. The molecule has 0 spiro atoms. The van der Waals surface area contributed by atoms with E-state index in [1.165, 1.54) is 0 Å². The lowest BCUT2D eigenvalue weighted by atomic mass is 10.0. The first-order chi connectivity index (χ1) is 17.7. The lowest BCUT2D eigenvalue weighted by Crippen LogP contribution is -2.44. The number of nitrogens with zero attached hydrogens (tertiary/aromatic N) is 3. The van der Waals surface area contributed by atoms with Crippen LogP contribution in [0.15, 0.2) is 18.3 Å². The molecule has 10 heteroatoms. The van der Waals surface area contributed by atoms with Crippen molar-refractivity contribution in [2.24, 2.45) is 0 Å². The molecule has 0 saturated carbocycles. The van der Waals surface area contributed by atoms with Crippen LogP contribution in [0.3, 0.4) is 0 Å². The number of methoxy groups -OCH3 is 2. The number of carbonyl (C=O) groups is 2. The smallest absolute Gasteiger partial charge is 0.425 e. The molecule has 2 amide bonds. The fourth-order valence-electron chi connectivity index (χ4n) is 3.38. The van der Waals surface area contributed by atoms with Gasteiger partial charge in [0.05, 0.1) is 20.8 Å². The van der Waals surface area contributed by atoms with Gasteiger partial charge < -0.3 is 23.7 Å². The maximum Gasteiger partial charge on any atom is 0.425 e. The third-order valence-corrected chi connectivity index (χ3v) is 4.99. The number of imide groups is 1. The predicted molar refractivity (Wildman–Crippen MR) is 144 cm³/mol. The summed E-state index contributed by atoms with van der Waals surface area (Å²) in [6.45, 7) is 14.6. The molecule has 0 saturated heterocycles. The van der Waals surface area contributed by atoms with E-state index in [0.29, 0.717) is 35.2 Å². The zero-order valence-electron chi connectivity index (χ0n) is 24.3. The molecule has 0 unspecified atom stereocenters. The van der Waals surface area contributed by atoms with Gasteiger partial charge in [-0.2, -0.15) is 4.90 Å². The molecule has 1 heterocycles. The number of aryl methyl sites for hydroxylation is 1. The highest BCUT2D eigenvalue weighted by molar-refractivity contribution is 6.09. The van der Waals surface area contributed by atoms with Crippen molar-refractivity contribution < 1.29 is 33.3 Å². The Morgan fingerprint density at radius 2 is 1.45 bits per heavy atom. The summed E-state index contributed by atoms with van der Waals surface area (Å²) in [6, 6.07) is 3.64. The minimum Gasteiger partial charge on any atom is -0.493 e. The summed E-state index contributed by atoms with van der Waals surface area (Å²) in [5.74, 6) is 1.96. The number of rotatable bonds is 9. The molecular formula is C28H41N3O7. The van der Waals surface area contributed by atoms with Crippen LogP contribution in [0.1, 0.15) is 78.3 Å². The second-order valence-electron chi connectivity index (χ2n) is 10.8. The normalized spacial score (nSPS) is 11.5. The average Bonchev–Trinajstić information content (AvgIpc) is 2.79. The Bertz CT molecular complexity index is 1070. The molecule has 210 valence electrons. The van der Waals surface area contributed by atoms with E-state index in [4.69, 9.17) is 23.7 Å². The zero-order valence-corrected chi connectivity index (χ0v) is 24.3. The Balaban J connectivity index is 2.58. The Kier molecular flexibility index (Phi) is 10.3. The van der Waals surface area contributed by atoms with Crippen molar-refractivity contribution in [2.45, 2.75) is 85.9 Å². The Labute approximate surface area is 225 Å². The molecule has 10 nitrogen and oxygen atoms in total. The van der Waals surface area contributed by atoms with Gasteiger partial charge in [-0.1, -0.05) is 13.3 Å². The topological polar surface area (TPSA) is 109 Å². The van der Waals surface area contributed by atoms with Crippen LogP contribution in [0.2, 0.25) is 0 Å². The molecule has 1 aromatic heterocycles. The van der Waals surface area contributed by atoms with Crippen molar-refractivity contribution in [2.75, 3.05) is 25.7 Å². The number of amides is 2. The number of carbonyl (C=O) groups excluding carboxylic acids is 2. The van der Waals surface area contributed by atoms with Crippen molar-refractivity contribution >= 4 is 18.0 Å². The van der Waals surface area contributed by atoms with Crippen LogP contribution >= 0.6 is 0 Å². The lowest BCUT2D eigenvalue weighted by molar-refractivity contribution is 0.0428. The third-order valence-electron chi connectivity index (χ3n) is 4.99. The summed E-state index contributed by atoms with van der Waals surface area (Å²) < 4.78 is 28.2. The van der Waals surface area contributed by atoms with Gasteiger partial charge in [0.2, 0.25) is 5.75 Å². The number of benzene rings is 1. The fourth-order valence-corrected chi connectivity index (χ4v) is 3.38. The summed E-state index contributed by atoms with van der Waals surface area (Å²) in [5, 5.41) is 0. The average molecular weight is 532 g/mol. The van der Waals surface area contributed by atoms with Crippen LogP contribution in [0, 0.1) is 6.92 Å². The number of hydrogen-bond donors (Lipinski definition) is 0. The van der Waals surface area contributed by atoms with E-state index in [0.717, 1.165) is 23.3 Å². The van der Waals surface area contributed by atoms with E-state index >= 15 is 0 Å². The molecule has 2 aromatic rings. The monoisotopic (exact) mass is 531 g/mol. The maximum atomic E-state index is 13.3. The largest absolute Gasteiger partial charge is 0.493 e. The van der Waals surface area contributed by atoms with Gasteiger partial charge in [0, 0.05) is 18.2 Å². The van der Waals surface area contributed by atoms with Crippen molar-refractivity contribution in [1.82, 2.24) is 9.97 Å². The van der Waals surface area contributed by atoms with Gasteiger partial charge in [-0.25, -0.2) is 19.6 Å². The van der Waals surface area contributed by atoms with Crippen molar-refractivity contribution in [3.05, 3.63) is 35.3 Å². The molecule has 38 heavy (non-hydrogen) atoms. The van der Waals surface area contributed by atoms with E-state index < -0.39 is 23.4 Å². The second-order valence-corrected chi connectivity index (χ2v) is 10.8. The minimum absolute atomic E-state index is 0.0715. The Morgan fingerprint density at radius 1 is 0.921 bits per heavy atom. The highest BCUT2D eigenvalue weighted by atomic mass is 16.6. The van der Waals surface area contributed by atoms with E-state index in [1.54, 1.807) is 68.9 Å². The second kappa shape index (κ2) is 12.8. The SMILES string of the molecule is CCCCOc1c(OC)cc(Cc2cnc(C)nc2N(C(=O)OC(C)(C)C)C(=O)OC(C)(C)C)cc1OC. The molecule has 0 atom stereocenters. The van der Waals surface area contributed by atoms with Crippen LogP contribution in [-0.2, 0) is 15.9 Å². The van der Waals surface area contributed by atoms with Gasteiger partial charge >= 0.3 is 12.2 Å². The van der Waals surface area contributed by atoms with E-state index in [-0.39, 0.29) is 12.2 Å². The lowest BCUT2D eigenvalue weighted by Gasteiger charge is -2.29. The summed E-state index contributed by atoms with van der Waals surface area (Å²) in [5.41, 5.74) is -0.443. The number of unbranched alkanes of at least 4 members (excludes halogenated alkanes) is 1. The molecule has 2 rings (SSSR count). The quantitative estimate of drug-likeness (QED) is 0.347. The summed E-state index contributed by atoms with van der Waals surface area (Å²) in [4.78, 5) is 36.1. The summed E-state index contributed by atoms with van der Waals surface area (Å²) in [6.07, 6.45) is 1.90. The molecule has 0 aliphatic carbocycles. The standard InChI is InChI=1S/C28H41N3O7/c1-11-12-13-36-23-21(34-9)15-19(16-22(23)35-10)14-20-17-29-18(2)30-24(20)31(25(32)37-27(3,4)5)26(33)38-28(6,7)8/h15-17H,11-14H2,1-10H3. The van der Waals surface area contributed by atoms with Crippen molar-refractivity contribution in [3.8, 4) is 17.2 Å². The van der Waals surface area contributed by atoms with Gasteiger partial charge in [-0.3, -0.25) is 0 Å². The molecule has 0 radical (unpaired) electrons. The van der Waals surface area contributed by atoms with Crippen LogP contribution in [0.4, 0.5) is 15.4 Å². The Hall–Kier alpha value is -3.56. The number of hydrogen-bond acceptors (Lipinski definition) is 9. The van der Waals surface area contributed by atoms with Crippen LogP contribution in [0.25, 0.3) is 0 Å². The summed E-state index contributed by atoms with van der Waals surface area (Å²) >= 11 is 0. The van der Waals surface area contributed by atoms with E-state index in [2.05, 4.69) is 16.9 Å². The number of anilines is 1. The molecule has 0 fully saturated rings. The number of aromatic nitrogens is 2. The predicted octanol–water partition coefficient (Wildman–Crippen LogP) is 6.25. The van der Waals surface area contributed by atoms with Gasteiger partial charge in [-0.05, 0) is 72.6 Å². The first-order valence-corrected chi connectivity index (χ1v) is 12.6. The highest BCUT2D eigenvalue weighted by Gasteiger charge is 2.35. The third kappa shape index (κ3) is 8.78. The first kappa shape index (κ1) is 30.7. The van der Waals surface area contributed by atoms with Gasteiger partial charge in [-0.15, -0.1) is 0 Å². The van der Waals surface area contributed by atoms with Crippen LogP contribution in [0.5, 0.6) is 17.2 Å². The van der Waals surface area contributed by atoms with Gasteiger partial charge in [0.25, 0.3) is 0 Å². The van der Waals surface area contributed by atoms with Crippen LogP contribution < -0.4 is 19.1 Å². The molecule has 0 aliphatic rings. The van der Waals surface area contributed by atoms with Crippen LogP contribution in [-0.4, -0.2) is 54.2 Å². The summed E-state index contributed by atoms with van der Waals surface area (Å²) in [7, 11) is 3.11. The van der Waals surface area contributed by atoms with Crippen molar-refractivity contribution in [1.29, 1.82) is 0 Å². The molecule has 1 aromatic carbocycles. The number of ether oxygens (including phenoxy) is 5. The first-order valence-electron chi connectivity index (χ1n) is 12.6. The minimum atomic E-state index is -0.902. The van der Waals surface area contributed by atoms with E-state index in [9.17, 15) is 9.59 Å². The van der Waals surface area contributed by atoms with Gasteiger partial charge in [0.15, 0.2) is 17.3 Å². The molecule has 0 bridgehead atoms. The fraction of sp³-hybridized carbons (Fsp3) is 0.571. The van der Waals surface area contributed by atoms with Crippen molar-refractivity contribution in [3.63, 3.8) is 0 Å². The molecule has 0 N–H and O–H groups in total. The zero-order chi connectivity index (χ0) is 28.7. The Morgan fingerprint density at radius 3 is 1.89 bits per heavy atom. The molecule has 0 aliphatic heterocycles. The van der Waals surface area contributed by atoms with Gasteiger partial charge in [0.1, 0.15) is 17.0 Å². The van der Waals surface area contributed by atoms with E-state index in [1.807, 2.05) is 12.1 Å². The molecular weight excluding hydrogens is 490 g/mol. The highest BCUT2D eigenvalue weighted by Crippen LogP contribution is 2.39.